The van der Waals surface area contributed by atoms with Crippen LogP contribution in [0.1, 0.15) is 23.2 Å². The second-order valence-corrected chi connectivity index (χ2v) is 5.29. The van der Waals surface area contributed by atoms with Gasteiger partial charge in [-0.3, -0.25) is 9.59 Å². The summed E-state index contributed by atoms with van der Waals surface area (Å²) in [5.41, 5.74) is 0.943. The second-order valence-electron chi connectivity index (χ2n) is 4.88. The molecule has 5 nitrogen and oxygen atoms in total. The molecule has 0 spiro atoms. The number of nitrogens with one attached hydrogen (secondary N) is 3. The Labute approximate surface area is 123 Å². The Hall–Kier alpha value is -1.59. The van der Waals surface area contributed by atoms with Crippen LogP contribution in [0.3, 0.4) is 0 Å². The highest BCUT2D eigenvalue weighted by Crippen LogP contribution is 2.21. The molecule has 0 bridgehead atoms. The molecule has 3 N–H and O–H groups in total. The monoisotopic (exact) mass is 295 g/mol. The molecule has 1 unspecified atom stereocenters. The first-order chi connectivity index (χ1) is 9.60. The van der Waals surface area contributed by atoms with E-state index in [0.717, 1.165) is 19.5 Å². The van der Waals surface area contributed by atoms with Gasteiger partial charge in [-0.2, -0.15) is 0 Å². The number of rotatable bonds is 4. The van der Waals surface area contributed by atoms with Gasteiger partial charge in [-0.05, 0) is 43.6 Å². The number of amides is 2. The Morgan fingerprint density at radius 2 is 2.25 bits per heavy atom. The van der Waals surface area contributed by atoms with Crippen molar-refractivity contribution >= 4 is 29.1 Å². The summed E-state index contributed by atoms with van der Waals surface area (Å²) < 4.78 is 0. The average molecular weight is 296 g/mol. The largest absolute Gasteiger partial charge is 0.355 e. The lowest BCUT2D eigenvalue weighted by Gasteiger charge is -2.11. The minimum atomic E-state index is -0.272. The Kier molecular flexibility index (Phi) is 4.98. The van der Waals surface area contributed by atoms with E-state index < -0.39 is 0 Å². The van der Waals surface area contributed by atoms with Gasteiger partial charge in [0, 0.05) is 19.2 Å². The van der Waals surface area contributed by atoms with Crippen LogP contribution in [-0.4, -0.2) is 32.0 Å². The van der Waals surface area contributed by atoms with E-state index in [2.05, 4.69) is 16.0 Å². The minimum absolute atomic E-state index is 0.0381. The fourth-order valence-corrected chi connectivity index (χ4v) is 2.48. The van der Waals surface area contributed by atoms with Gasteiger partial charge in [0.05, 0.1) is 10.6 Å². The summed E-state index contributed by atoms with van der Waals surface area (Å²) >= 11 is 5.96. The number of anilines is 1. The number of halogens is 1. The third-order valence-electron chi connectivity index (χ3n) is 3.36. The first-order valence-electron chi connectivity index (χ1n) is 6.62. The molecule has 1 aromatic rings. The fourth-order valence-electron chi connectivity index (χ4n) is 2.27. The molecule has 2 rings (SSSR count). The van der Waals surface area contributed by atoms with Crippen molar-refractivity contribution in [3.8, 4) is 0 Å². The van der Waals surface area contributed by atoms with Crippen LogP contribution in [0.2, 0.25) is 5.02 Å². The summed E-state index contributed by atoms with van der Waals surface area (Å²) in [6.45, 7) is 1.86. The van der Waals surface area contributed by atoms with Gasteiger partial charge in [0.25, 0.3) is 5.91 Å². The topological polar surface area (TPSA) is 70.2 Å². The third-order valence-corrected chi connectivity index (χ3v) is 3.69. The molecule has 0 radical (unpaired) electrons. The molecular formula is C14H18ClN3O2. The van der Waals surface area contributed by atoms with Crippen LogP contribution in [0, 0.1) is 5.92 Å². The first kappa shape index (κ1) is 14.8. The maximum Gasteiger partial charge on any atom is 0.252 e. The molecule has 2 amide bonds. The van der Waals surface area contributed by atoms with E-state index in [1.165, 1.54) is 7.05 Å². The minimum Gasteiger partial charge on any atom is -0.355 e. The summed E-state index contributed by atoms with van der Waals surface area (Å²) in [5, 5.41) is 8.92. The lowest BCUT2D eigenvalue weighted by Crippen LogP contribution is -2.20. The zero-order valence-corrected chi connectivity index (χ0v) is 12.1. The summed E-state index contributed by atoms with van der Waals surface area (Å²) in [5.74, 6) is 0.0793. The molecule has 1 heterocycles. The van der Waals surface area contributed by atoms with Gasteiger partial charge in [-0.15, -0.1) is 0 Å². The number of benzene rings is 1. The van der Waals surface area contributed by atoms with Crippen LogP contribution in [0.15, 0.2) is 18.2 Å². The van der Waals surface area contributed by atoms with Crippen molar-refractivity contribution in [2.45, 2.75) is 12.8 Å². The van der Waals surface area contributed by atoms with Crippen molar-refractivity contribution in [2.24, 2.45) is 5.92 Å². The average Bonchev–Trinajstić information content (AvgIpc) is 2.92. The maximum absolute atomic E-state index is 11.9. The van der Waals surface area contributed by atoms with E-state index in [0.29, 0.717) is 28.6 Å². The summed E-state index contributed by atoms with van der Waals surface area (Å²) in [7, 11) is 1.54. The van der Waals surface area contributed by atoms with Crippen LogP contribution in [-0.2, 0) is 4.79 Å². The van der Waals surface area contributed by atoms with Gasteiger partial charge >= 0.3 is 0 Å². The molecule has 0 saturated carbocycles. The second kappa shape index (κ2) is 6.72. The molecule has 6 heteroatoms. The highest BCUT2D eigenvalue weighted by molar-refractivity contribution is 6.34. The lowest BCUT2D eigenvalue weighted by atomic mass is 10.0. The van der Waals surface area contributed by atoms with Crippen LogP contribution in [0.4, 0.5) is 5.69 Å². The Balaban J connectivity index is 2.01. The fraction of sp³-hybridized carbons (Fsp3) is 0.429. The predicted octanol–water partition coefficient (Wildman–Crippen LogP) is 1.64. The molecule has 108 valence electrons. The molecular weight excluding hydrogens is 278 g/mol. The van der Waals surface area contributed by atoms with Crippen molar-refractivity contribution in [1.29, 1.82) is 0 Å². The van der Waals surface area contributed by atoms with Crippen molar-refractivity contribution in [1.82, 2.24) is 10.6 Å². The molecule has 1 aromatic carbocycles. The maximum atomic E-state index is 11.9. The third kappa shape index (κ3) is 3.71. The van der Waals surface area contributed by atoms with Gasteiger partial charge in [0.15, 0.2) is 0 Å². The van der Waals surface area contributed by atoms with E-state index in [1.807, 2.05) is 0 Å². The van der Waals surface area contributed by atoms with Crippen molar-refractivity contribution < 1.29 is 9.59 Å². The Bertz CT molecular complexity index is 513. The van der Waals surface area contributed by atoms with Crippen molar-refractivity contribution in [3.05, 3.63) is 28.8 Å². The van der Waals surface area contributed by atoms with E-state index >= 15 is 0 Å². The van der Waals surface area contributed by atoms with E-state index in [4.69, 9.17) is 11.6 Å². The van der Waals surface area contributed by atoms with Crippen LogP contribution < -0.4 is 16.0 Å². The van der Waals surface area contributed by atoms with Crippen LogP contribution in [0.5, 0.6) is 0 Å². The van der Waals surface area contributed by atoms with Crippen LogP contribution in [0.25, 0.3) is 0 Å². The normalized spacial score (nSPS) is 17.8. The highest BCUT2D eigenvalue weighted by atomic mass is 35.5. The van der Waals surface area contributed by atoms with Gasteiger partial charge < -0.3 is 16.0 Å². The predicted molar refractivity (Wildman–Crippen MR) is 79.1 cm³/mol. The summed E-state index contributed by atoms with van der Waals surface area (Å²) in [6, 6.07) is 4.89. The molecule has 1 aliphatic rings. The lowest BCUT2D eigenvalue weighted by molar-refractivity contribution is -0.116. The zero-order valence-electron chi connectivity index (χ0n) is 11.3. The molecule has 1 fully saturated rings. The van der Waals surface area contributed by atoms with Crippen molar-refractivity contribution in [2.75, 3.05) is 25.5 Å². The van der Waals surface area contributed by atoms with Crippen LogP contribution >= 0.6 is 11.6 Å². The molecule has 20 heavy (non-hydrogen) atoms. The highest BCUT2D eigenvalue weighted by Gasteiger charge is 2.18. The van der Waals surface area contributed by atoms with Gasteiger partial charge in [0.2, 0.25) is 5.91 Å². The molecule has 1 saturated heterocycles. The Morgan fingerprint density at radius 3 is 2.90 bits per heavy atom. The van der Waals surface area contributed by atoms with Gasteiger partial charge in [0.1, 0.15) is 0 Å². The van der Waals surface area contributed by atoms with Gasteiger partial charge in [-0.25, -0.2) is 0 Å². The summed E-state index contributed by atoms with van der Waals surface area (Å²) in [4.78, 5) is 23.6. The quantitative estimate of drug-likeness (QED) is 0.791. The smallest absolute Gasteiger partial charge is 0.252 e. The molecule has 0 aromatic heterocycles. The number of hydrogen-bond donors (Lipinski definition) is 3. The molecule has 0 aliphatic carbocycles. The van der Waals surface area contributed by atoms with E-state index in [1.54, 1.807) is 18.2 Å². The zero-order chi connectivity index (χ0) is 14.5. The number of carbonyl (C=O) groups excluding carboxylic acids is 2. The SMILES string of the molecule is CNC(=O)c1cc(NC(=O)CC2CCNC2)ccc1Cl. The Morgan fingerprint density at radius 1 is 1.45 bits per heavy atom. The first-order valence-corrected chi connectivity index (χ1v) is 7.00. The van der Waals surface area contributed by atoms with E-state index in [9.17, 15) is 9.59 Å². The molecule has 1 atom stereocenters. The standard InChI is InChI=1S/C14H18ClN3O2/c1-16-14(20)11-7-10(2-3-12(11)15)18-13(19)6-9-4-5-17-8-9/h2-3,7,9,17H,4-6,8H2,1H3,(H,16,20)(H,18,19). The molecule has 1 aliphatic heterocycles. The van der Waals surface area contributed by atoms with E-state index in [-0.39, 0.29) is 11.8 Å². The number of hydrogen-bond acceptors (Lipinski definition) is 3. The number of carbonyl (C=O) groups is 2. The van der Waals surface area contributed by atoms with Crippen molar-refractivity contribution in [3.63, 3.8) is 0 Å². The van der Waals surface area contributed by atoms with Gasteiger partial charge in [-0.1, -0.05) is 11.6 Å². The summed E-state index contributed by atoms with van der Waals surface area (Å²) in [6.07, 6.45) is 1.52.